The highest BCUT2D eigenvalue weighted by molar-refractivity contribution is 6.00. The van der Waals surface area contributed by atoms with Gasteiger partial charge in [-0.25, -0.2) is 9.78 Å². The van der Waals surface area contributed by atoms with Crippen LogP contribution >= 0.6 is 0 Å². The van der Waals surface area contributed by atoms with Gasteiger partial charge in [-0.2, -0.15) is 0 Å². The molecule has 30 heavy (non-hydrogen) atoms. The molecule has 4 heterocycles. The van der Waals surface area contributed by atoms with Crippen molar-refractivity contribution in [2.45, 2.75) is 38.8 Å². The fourth-order valence-electron chi connectivity index (χ4n) is 3.77. The van der Waals surface area contributed by atoms with E-state index in [0.29, 0.717) is 28.5 Å². The van der Waals surface area contributed by atoms with E-state index in [0.717, 1.165) is 6.42 Å². The number of nitrogens with one attached hydrogen (secondary N) is 1. The second-order valence-electron chi connectivity index (χ2n) is 7.20. The molecule has 154 valence electrons. The van der Waals surface area contributed by atoms with Gasteiger partial charge in [-0.1, -0.05) is 13.3 Å². The summed E-state index contributed by atoms with van der Waals surface area (Å²) in [5.74, 6) is -0.746. The zero-order valence-electron chi connectivity index (χ0n) is 16.6. The number of amides is 1. The van der Waals surface area contributed by atoms with Crippen LogP contribution in [-0.2, 0) is 10.5 Å². The summed E-state index contributed by atoms with van der Waals surface area (Å²) in [5.41, 5.74) is 5.56. The van der Waals surface area contributed by atoms with Crippen LogP contribution < -0.4 is 17.0 Å². The molecule has 0 saturated carbocycles. The number of aromatic amines is 1. The van der Waals surface area contributed by atoms with Gasteiger partial charge in [0.15, 0.2) is 0 Å². The van der Waals surface area contributed by atoms with E-state index in [1.165, 1.54) is 17.1 Å². The number of unbranched alkanes of at least 4 members (excludes halogenated alkanes) is 1. The SMILES string of the molecule is CCCCC(C(N)=O)(n1cc(C)c(=O)[nH]c1=O)n1cnc2cnc3cccnc3c21. The van der Waals surface area contributed by atoms with Crippen molar-refractivity contribution in [3.05, 3.63) is 63.5 Å². The van der Waals surface area contributed by atoms with E-state index in [9.17, 15) is 14.4 Å². The highest BCUT2D eigenvalue weighted by Crippen LogP contribution is 2.31. The van der Waals surface area contributed by atoms with E-state index in [1.807, 2.05) is 6.92 Å². The highest BCUT2D eigenvalue weighted by atomic mass is 16.2. The molecular formula is C20H21N7O3. The summed E-state index contributed by atoms with van der Waals surface area (Å²) < 4.78 is 2.77. The molecule has 0 bridgehead atoms. The van der Waals surface area contributed by atoms with Crippen molar-refractivity contribution in [2.75, 3.05) is 0 Å². The van der Waals surface area contributed by atoms with Crippen LogP contribution in [0.1, 0.15) is 31.7 Å². The number of carbonyl (C=O) groups excluding carboxylic acids is 1. The lowest BCUT2D eigenvalue weighted by molar-refractivity contribution is -0.128. The molecule has 0 radical (unpaired) electrons. The standard InChI is InChI=1S/C20H21N7O3/c1-3-4-7-20(18(21)29,26-10-12(2)17(28)25-19(26)30)27-11-24-14-9-23-13-6-5-8-22-15(13)16(14)27/h5-6,8-11H,3-4,7H2,1-2H3,(H2,21,29)(H,25,28,30). The van der Waals surface area contributed by atoms with Crippen LogP contribution in [0.2, 0.25) is 0 Å². The largest absolute Gasteiger partial charge is 0.366 e. The van der Waals surface area contributed by atoms with Crippen LogP contribution in [0.15, 0.2) is 46.6 Å². The molecule has 0 saturated heterocycles. The molecule has 10 nitrogen and oxygen atoms in total. The van der Waals surface area contributed by atoms with Gasteiger partial charge in [0.25, 0.3) is 11.5 Å². The first-order valence-corrected chi connectivity index (χ1v) is 9.60. The summed E-state index contributed by atoms with van der Waals surface area (Å²) in [6.07, 6.45) is 7.63. The molecule has 4 rings (SSSR count). The molecule has 10 heteroatoms. The quantitative estimate of drug-likeness (QED) is 0.489. The minimum Gasteiger partial charge on any atom is -0.366 e. The maximum absolute atomic E-state index is 13.0. The van der Waals surface area contributed by atoms with Crippen LogP contribution in [0.25, 0.3) is 22.1 Å². The Kier molecular flexibility index (Phi) is 4.69. The second-order valence-corrected chi connectivity index (χ2v) is 7.20. The number of nitrogens with zero attached hydrogens (tertiary/aromatic N) is 5. The molecular weight excluding hydrogens is 386 g/mol. The zero-order valence-corrected chi connectivity index (χ0v) is 16.6. The molecule has 0 spiro atoms. The maximum Gasteiger partial charge on any atom is 0.330 e. The predicted molar refractivity (Wildman–Crippen MR) is 111 cm³/mol. The normalized spacial score (nSPS) is 13.5. The molecule has 0 aromatic carbocycles. The number of imidazole rings is 1. The molecule has 0 fully saturated rings. The Hall–Kier alpha value is -3.82. The van der Waals surface area contributed by atoms with Gasteiger partial charge < -0.3 is 5.73 Å². The van der Waals surface area contributed by atoms with Crippen molar-refractivity contribution in [1.29, 1.82) is 0 Å². The summed E-state index contributed by atoms with van der Waals surface area (Å²) in [6, 6.07) is 3.56. The lowest BCUT2D eigenvalue weighted by Crippen LogP contribution is -2.56. The Labute approximate surface area is 170 Å². The number of H-pyrrole nitrogens is 1. The van der Waals surface area contributed by atoms with E-state index in [1.54, 1.807) is 36.0 Å². The van der Waals surface area contributed by atoms with Gasteiger partial charge in [-0.3, -0.25) is 33.7 Å². The Morgan fingerprint density at radius 3 is 2.73 bits per heavy atom. The van der Waals surface area contributed by atoms with Crippen molar-refractivity contribution >= 4 is 28.0 Å². The van der Waals surface area contributed by atoms with Crippen LogP contribution in [0.5, 0.6) is 0 Å². The van der Waals surface area contributed by atoms with Crippen LogP contribution in [0.4, 0.5) is 0 Å². The number of hydrogen-bond donors (Lipinski definition) is 2. The lowest BCUT2D eigenvalue weighted by Gasteiger charge is -2.34. The summed E-state index contributed by atoms with van der Waals surface area (Å²) in [4.78, 5) is 53.3. The summed E-state index contributed by atoms with van der Waals surface area (Å²) in [5, 5.41) is 0. The number of rotatable bonds is 6. The Morgan fingerprint density at radius 1 is 1.20 bits per heavy atom. The van der Waals surface area contributed by atoms with Gasteiger partial charge in [0.2, 0.25) is 5.66 Å². The lowest BCUT2D eigenvalue weighted by atomic mass is 9.99. The number of hydrogen-bond acceptors (Lipinski definition) is 6. The van der Waals surface area contributed by atoms with Gasteiger partial charge in [0, 0.05) is 18.0 Å². The van der Waals surface area contributed by atoms with Crippen LogP contribution in [0.3, 0.4) is 0 Å². The van der Waals surface area contributed by atoms with Gasteiger partial charge in [-0.05, 0) is 31.9 Å². The second kappa shape index (κ2) is 7.21. The highest BCUT2D eigenvalue weighted by Gasteiger charge is 2.42. The van der Waals surface area contributed by atoms with E-state index >= 15 is 0 Å². The molecule has 1 unspecified atom stereocenters. The molecule has 1 amide bonds. The maximum atomic E-state index is 13.0. The number of nitrogens with two attached hydrogens (primary N) is 1. The van der Waals surface area contributed by atoms with Gasteiger partial charge in [0.05, 0.1) is 18.0 Å². The van der Waals surface area contributed by atoms with Crippen molar-refractivity contribution in [3.8, 4) is 0 Å². The summed E-state index contributed by atoms with van der Waals surface area (Å²) >= 11 is 0. The van der Waals surface area contributed by atoms with Gasteiger partial charge >= 0.3 is 5.69 Å². The van der Waals surface area contributed by atoms with E-state index in [2.05, 4.69) is 19.9 Å². The minimum atomic E-state index is -1.62. The topological polar surface area (TPSA) is 142 Å². The smallest absolute Gasteiger partial charge is 0.330 e. The number of aromatic nitrogens is 6. The Balaban J connectivity index is 2.16. The fourth-order valence-corrected chi connectivity index (χ4v) is 3.77. The predicted octanol–water partition coefficient (Wildman–Crippen LogP) is 1.01. The first kappa shape index (κ1) is 19.5. The molecule has 0 aliphatic heterocycles. The molecule has 0 aliphatic rings. The van der Waals surface area contributed by atoms with Crippen LogP contribution in [0, 0.1) is 6.92 Å². The fraction of sp³-hybridized carbons (Fsp3) is 0.300. The monoisotopic (exact) mass is 407 g/mol. The van der Waals surface area contributed by atoms with Gasteiger partial charge in [-0.15, -0.1) is 0 Å². The van der Waals surface area contributed by atoms with Crippen molar-refractivity contribution < 1.29 is 4.79 Å². The average Bonchev–Trinajstić information content (AvgIpc) is 3.17. The zero-order chi connectivity index (χ0) is 21.5. The Bertz CT molecular complexity index is 1380. The first-order chi connectivity index (χ1) is 14.4. The number of primary amides is 1. The van der Waals surface area contributed by atoms with Gasteiger partial charge in [0.1, 0.15) is 16.6 Å². The summed E-state index contributed by atoms with van der Waals surface area (Å²) in [6.45, 7) is 3.53. The van der Waals surface area contributed by atoms with E-state index in [-0.39, 0.29) is 12.0 Å². The third kappa shape index (κ3) is 2.79. The molecule has 0 aliphatic carbocycles. The number of pyridine rings is 2. The first-order valence-electron chi connectivity index (χ1n) is 9.60. The molecule has 1 atom stereocenters. The molecule has 4 aromatic rings. The Morgan fingerprint density at radius 2 is 2.00 bits per heavy atom. The van der Waals surface area contributed by atoms with Crippen molar-refractivity contribution in [1.82, 2.24) is 29.1 Å². The third-order valence-electron chi connectivity index (χ3n) is 5.32. The number of carbonyl (C=O) groups is 1. The van der Waals surface area contributed by atoms with Crippen molar-refractivity contribution in [3.63, 3.8) is 0 Å². The average molecular weight is 407 g/mol. The molecule has 4 aromatic heterocycles. The van der Waals surface area contributed by atoms with Crippen molar-refractivity contribution in [2.24, 2.45) is 5.73 Å². The van der Waals surface area contributed by atoms with E-state index in [4.69, 9.17) is 5.73 Å². The molecule has 3 N–H and O–H groups in total. The number of fused-ring (bicyclic) bond motifs is 3. The van der Waals surface area contributed by atoms with E-state index < -0.39 is 22.8 Å². The van der Waals surface area contributed by atoms with Crippen LogP contribution in [-0.4, -0.2) is 35.0 Å². The number of aryl methyl sites for hydroxylation is 1. The summed E-state index contributed by atoms with van der Waals surface area (Å²) in [7, 11) is 0. The third-order valence-corrected chi connectivity index (χ3v) is 5.32. The minimum absolute atomic E-state index is 0.229.